The standard InChI is InChI=1S/C22H24N2O4/c1-24(22(27)18(23)21(26)17-13-8-14-28-17)19(15-9-4-2-5-10-15)20(25)16-11-6-3-7-12-16/h2-14,18-21,25-26H,23H2,1H3/t18-,19+,20+,21+/m0/s1. The number of likely N-dealkylation sites (N-methyl/N-ethyl adjacent to an activating group) is 1. The van der Waals surface area contributed by atoms with Gasteiger partial charge < -0.3 is 25.3 Å². The molecule has 6 nitrogen and oxygen atoms in total. The van der Waals surface area contributed by atoms with Crippen molar-refractivity contribution in [3.8, 4) is 0 Å². The van der Waals surface area contributed by atoms with Gasteiger partial charge in [0.15, 0.2) is 0 Å². The maximum atomic E-state index is 13.0. The molecule has 6 heteroatoms. The van der Waals surface area contributed by atoms with E-state index in [9.17, 15) is 15.0 Å². The first-order valence-electron chi connectivity index (χ1n) is 9.02. The number of benzene rings is 2. The van der Waals surface area contributed by atoms with Gasteiger partial charge in [-0.05, 0) is 23.3 Å². The van der Waals surface area contributed by atoms with Crippen molar-refractivity contribution in [1.29, 1.82) is 0 Å². The molecule has 0 saturated heterocycles. The second-order valence-corrected chi connectivity index (χ2v) is 6.65. The number of amides is 1. The summed E-state index contributed by atoms with van der Waals surface area (Å²) in [6, 6.07) is 19.6. The van der Waals surface area contributed by atoms with Crippen LogP contribution in [0.4, 0.5) is 0 Å². The van der Waals surface area contributed by atoms with E-state index < -0.39 is 30.2 Å². The highest BCUT2D eigenvalue weighted by Gasteiger charge is 2.35. The fraction of sp³-hybridized carbons (Fsp3) is 0.227. The molecule has 0 bridgehead atoms. The van der Waals surface area contributed by atoms with Crippen LogP contribution in [-0.4, -0.2) is 34.1 Å². The highest BCUT2D eigenvalue weighted by Crippen LogP contribution is 2.34. The number of nitrogens with zero attached hydrogens (tertiary/aromatic N) is 1. The molecule has 0 spiro atoms. The van der Waals surface area contributed by atoms with Gasteiger partial charge in [0.2, 0.25) is 5.91 Å². The minimum atomic E-state index is -1.28. The third-order valence-electron chi connectivity index (χ3n) is 4.81. The van der Waals surface area contributed by atoms with Gasteiger partial charge >= 0.3 is 0 Å². The zero-order chi connectivity index (χ0) is 20.1. The lowest BCUT2D eigenvalue weighted by Gasteiger charge is -2.34. The molecule has 0 unspecified atom stereocenters. The maximum Gasteiger partial charge on any atom is 0.243 e. The average molecular weight is 380 g/mol. The summed E-state index contributed by atoms with van der Waals surface area (Å²) in [4.78, 5) is 14.4. The van der Waals surface area contributed by atoms with Crippen molar-refractivity contribution in [2.24, 2.45) is 5.73 Å². The Balaban J connectivity index is 1.90. The highest BCUT2D eigenvalue weighted by molar-refractivity contribution is 5.82. The van der Waals surface area contributed by atoms with Crippen LogP contribution in [0.25, 0.3) is 0 Å². The predicted octanol–water partition coefficient (Wildman–Crippen LogP) is 2.57. The van der Waals surface area contributed by atoms with Crippen LogP contribution in [0.15, 0.2) is 83.5 Å². The predicted molar refractivity (Wildman–Crippen MR) is 105 cm³/mol. The first kappa shape index (κ1) is 19.8. The summed E-state index contributed by atoms with van der Waals surface area (Å²) in [5.41, 5.74) is 7.46. The SMILES string of the molecule is CN(C(=O)[C@@H](N)[C@H](O)c1ccco1)[C@H](c1ccccc1)[C@H](O)c1ccccc1. The number of furan rings is 1. The monoisotopic (exact) mass is 380 g/mol. The Bertz CT molecular complexity index is 868. The molecule has 0 aliphatic carbocycles. The van der Waals surface area contributed by atoms with E-state index in [4.69, 9.17) is 10.2 Å². The molecule has 1 amide bonds. The zero-order valence-electron chi connectivity index (χ0n) is 15.6. The first-order chi connectivity index (χ1) is 13.5. The number of rotatable bonds is 7. The number of hydrogen-bond acceptors (Lipinski definition) is 5. The number of hydrogen-bond donors (Lipinski definition) is 3. The minimum absolute atomic E-state index is 0.217. The highest BCUT2D eigenvalue weighted by atomic mass is 16.4. The Morgan fingerprint density at radius 2 is 1.46 bits per heavy atom. The van der Waals surface area contributed by atoms with E-state index in [1.54, 1.807) is 31.3 Å². The van der Waals surface area contributed by atoms with E-state index in [2.05, 4.69) is 0 Å². The van der Waals surface area contributed by atoms with Gasteiger partial charge in [0.25, 0.3) is 0 Å². The van der Waals surface area contributed by atoms with Gasteiger partial charge in [-0.1, -0.05) is 60.7 Å². The van der Waals surface area contributed by atoms with E-state index in [1.807, 2.05) is 48.5 Å². The van der Waals surface area contributed by atoms with Gasteiger partial charge in [-0.3, -0.25) is 4.79 Å². The van der Waals surface area contributed by atoms with Gasteiger partial charge in [0.1, 0.15) is 24.0 Å². The molecule has 0 aliphatic heterocycles. The topological polar surface area (TPSA) is 99.9 Å². The van der Waals surface area contributed by atoms with Crippen molar-refractivity contribution in [3.63, 3.8) is 0 Å². The van der Waals surface area contributed by atoms with Crippen LogP contribution < -0.4 is 5.73 Å². The van der Waals surface area contributed by atoms with E-state index in [0.29, 0.717) is 5.56 Å². The Morgan fingerprint density at radius 3 is 2.00 bits per heavy atom. The van der Waals surface area contributed by atoms with E-state index in [1.165, 1.54) is 11.2 Å². The molecular weight excluding hydrogens is 356 g/mol. The molecular formula is C22H24N2O4. The molecule has 0 aliphatic rings. The maximum absolute atomic E-state index is 13.0. The van der Waals surface area contributed by atoms with Gasteiger partial charge in [0.05, 0.1) is 12.3 Å². The second-order valence-electron chi connectivity index (χ2n) is 6.65. The number of nitrogens with two attached hydrogens (primary N) is 1. The molecule has 4 N–H and O–H groups in total. The number of aliphatic hydroxyl groups excluding tert-OH is 2. The Morgan fingerprint density at radius 1 is 0.893 bits per heavy atom. The smallest absolute Gasteiger partial charge is 0.243 e. The van der Waals surface area contributed by atoms with E-state index in [0.717, 1.165) is 5.56 Å². The van der Waals surface area contributed by atoms with Gasteiger partial charge in [-0.15, -0.1) is 0 Å². The van der Waals surface area contributed by atoms with Crippen molar-refractivity contribution in [1.82, 2.24) is 4.90 Å². The van der Waals surface area contributed by atoms with Crippen LogP contribution in [0.3, 0.4) is 0 Å². The molecule has 3 aromatic rings. The van der Waals surface area contributed by atoms with Gasteiger partial charge in [-0.2, -0.15) is 0 Å². The fourth-order valence-electron chi connectivity index (χ4n) is 3.24. The lowest BCUT2D eigenvalue weighted by Crippen LogP contribution is -2.47. The Labute approximate surface area is 163 Å². The van der Waals surface area contributed by atoms with Crippen molar-refractivity contribution in [3.05, 3.63) is 95.9 Å². The summed E-state index contributed by atoms with van der Waals surface area (Å²) in [5.74, 6) is -0.290. The van der Waals surface area contributed by atoms with Crippen LogP contribution in [0.1, 0.15) is 35.1 Å². The normalized spacial score (nSPS) is 15.4. The molecule has 1 aromatic heterocycles. The van der Waals surface area contributed by atoms with Crippen LogP contribution in [0, 0.1) is 0 Å². The van der Waals surface area contributed by atoms with Crippen molar-refractivity contribution >= 4 is 5.91 Å². The molecule has 0 radical (unpaired) electrons. The average Bonchev–Trinajstić information content (AvgIpc) is 3.28. The Kier molecular flexibility index (Phi) is 6.26. The second kappa shape index (κ2) is 8.84. The van der Waals surface area contributed by atoms with Crippen molar-refractivity contribution < 1.29 is 19.4 Å². The summed E-state index contributed by atoms with van der Waals surface area (Å²) < 4.78 is 5.16. The van der Waals surface area contributed by atoms with Gasteiger partial charge in [-0.25, -0.2) is 0 Å². The van der Waals surface area contributed by atoms with Crippen LogP contribution >= 0.6 is 0 Å². The molecule has 2 aromatic carbocycles. The largest absolute Gasteiger partial charge is 0.467 e. The summed E-state index contributed by atoms with van der Waals surface area (Å²) in [6.07, 6.45) is -0.841. The number of aliphatic hydroxyl groups is 2. The number of carbonyl (C=O) groups is 1. The fourth-order valence-corrected chi connectivity index (χ4v) is 3.24. The van der Waals surface area contributed by atoms with Gasteiger partial charge in [0, 0.05) is 7.05 Å². The minimum Gasteiger partial charge on any atom is -0.467 e. The first-order valence-corrected chi connectivity index (χ1v) is 9.02. The molecule has 0 fully saturated rings. The third-order valence-corrected chi connectivity index (χ3v) is 4.81. The number of carbonyl (C=O) groups excluding carboxylic acids is 1. The van der Waals surface area contributed by atoms with E-state index >= 15 is 0 Å². The summed E-state index contributed by atoms with van der Waals surface area (Å²) in [6.45, 7) is 0. The Hall–Kier alpha value is -2.93. The van der Waals surface area contributed by atoms with Crippen LogP contribution in [-0.2, 0) is 4.79 Å². The summed E-state index contributed by atoms with van der Waals surface area (Å²) in [5, 5.41) is 21.4. The van der Waals surface area contributed by atoms with Crippen LogP contribution in [0.2, 0.25) is 0 Å². The molecule has 146 valence electrons. The lowest BCUT2D eigenvalue weighted by atomic mass is 9.93. The molecule has 1 heterocycles. The van der Waals surface area contributed by atoms with E-state index in [-0.39, 0.29) is 5.76 Å². The third kappa shape index (κ3) is 4.14. The molecule has 28 heavy (non-hydrogen) atoms. The molecule has 4 atom stereocenters. The van der Waals surface area contributed by atoms with Crippen LogP contribution in [0.5, 0.6) is 0 Å². The molecule has 3 rings (SSSR count). The summed E-state index contributed by atoms with van der Waals surface area (Å²) >= 11 is 0. The van der Waals surface area contributed by atoms with Crippen molar-refractivity contribution in [2.45, 2.75) is 24.3 Å². The zero-order valence-corrected chi connectivity index (χ0v) is 15.6. The van der Waals surface area contributed by atoms with Crippen molar-refractivity contribution in [2.75, 3.05) is 7.05 Å². The lowest BCUT2D eigenvalue weighted by molar-refractivity contribution is -0.139. The molecule has 0 saturated carbocycles. The quantitative estimate of drug-likeness (QED) is 0.585. The summed E-state index contributed by atoms with van der Waals surface area (Å²) in [7, 11) is 1.57.